The van der Waals surface area contributed by atoms with Gasteiger partial charge in [-0.1, -0.05) is 48.5 Å². The normalized spacial score (nSPS) is 10.7. The van der Waals surface area contributed by atoms with Gasteiger partial charge in [0.15, 0.2) is 12.4 Å². The number of aromatic nitrogens is 2. The SMILES string of the molecule is CCOC(=O)COc1cc(-c2ccccc2)nc(-c2ccc3cc(O)ccc3c2)n1. The molecule has 0 aliphatic carbocycles. The zero-order chi connectivity index (χ0) is 20.9. The molecule has 1 heterocycles. The molecule has 1 N–H and O–H groups in total. The number of phenols is 1. The Balaban J connectivity index is 1.75. The average Bonchev–Trinajstić information content (AvgIpc) is 2.78. The summed E-state index contributed by atoms with van der Waals surface area (Å²) in [6, 6.07) is 22.3. The van der Waals surface area contributed by atoms with E-state index in [0.717, 1.165) is 21.9 Å². The van der Waals surface area contributed by atoms with Crippen molar-refractivity contribution in [2.24, 2.45) is 0 Å². The number of nitrogens with zero attached hydrogens (tertiary/aromatic N) is 2. The predicted molar refractivity (Wildman–Crippen MR) is 114 cm³/mol. The van der Waals surface area contributed by atoms with Crippen molar-refractivity contribution >= 4 is 16.7 Å². The lowest BCUT2D eigenvalue weighted by atomic mass is 10.1. The molecule has 0 aliphatic heterocycles. The van der Waals surface area contributed by atoms with Crippen LogP contribution in [0.15, 0.2) is 72.8 Å². The molecule has 3 aromatic carbocycles. The molecule has 0 aliphatic rings. The van der Waals surface area contributed by atoms with E-state index in [4.69, 9.17) is 14.5 Å². The molecule has 0 saturated carbocycles. The van der Waals surface area contributed by atoms with E-state index in [0.29, 0.717) is 18.1 Å². The lowest BCUT2D eigenvalue weighted by Gasteiger charge is -2.10. The molecule has 0 saturated heterocycles. The third-order valence-electron chi connectivity index (χ3n) is 4.50. The first-order valence-electron chi connectivity index (χ1n) is 9.58. The number of hydrogen-bond acceptors (Lipinski definition) is 6. The Morgan fingerprint density at radius 3 is 2.47 bits per heavy atom. The van der Waals surface area contributed by atoms with Gasteiger partial charge in [0, 0.05) is 17.2 Å². The van der Waals surface area contributed by atoms with Crippen molar-refractivity contribution < 1.29 is 19.4 Å². The number of aromatic hydroxyl groups is 1. The van der Waals surface area contributed by atoms with Crippen LogP contribution in [0.5, 0.6) is 11.6 Å². The lowest BCUT2D eigenvalue weighted by molar-refractivity contribution is -0.145. The van der Waals surface area contributed by atoms with E-state index in [9.17, 15) is 9.90 Å². The topological polar surface area (TPSA) is 81.5 Å². The highest BCUT2D eigenvalue weighted by atomic mass is 16.6. The number of fused-ring (bicyclic) bond motifs is 1. The van der Waals surface area contributed by atoms with Crippen LogP contribution in [0.1, 0.15) is 6.92 Å². The van der Waals surface area contributed by atoms with Crippen molar-refractivity contribution in [1.29, 1.82) is 0 Å². The lowest BCUT2D eigenvalue weighted by Crippen LogP contribution is -2.15. The van der Waals surface area contributed by atoms with Gasteiger partial charge in [-0.3, -0.25) is 0 Å². The Morgan fingerprint density at radius 1 is 0.900 bits per heavy atom. The number of benzene rings is 3. The molecular formula is C24H20N2O4. The Labute approximate surface area is 173 Å². The van der Waals surface area contributed by atoms with Crippen molar-refractivity contribution in [2.45, 2.75) is 6.92 Å². The van der Waals surface area contributed by atoms with Crippen LogP contribution in [0.4, 0.5) is 0 Å². The monoisotopic (exact) mass is 400 g/mol. The Kier molecular flexibility index (Phi) is 5.57. The van der Waals surface area contributed by atoms with E-state index >= 15 is 0 Å². The maximum absolute atomic E-state index is 11.7. The minimum absolute atomic E-state index is 0.215. The zero-order valence-corrected chi connectivity index (χ0v) is 16.4. The van der Waals surface area contributed by atoms with Gasteiger partial charge in [-0.25, -0.2) is 9.78 Å². The Morgan fingerprint density at radius 2 is 1.67 bits per heavy atom. The summed E-state index contributed by atoms with van der Waals surface area (Å²) in [4.78, 5) is 20.9. The summed E-state index contributed by atoms with van der Waals surface area (Å²) in [6.07, 6.45) is 0. The molecule has 0 amide bonds. The van der Waals surface area contributed by atoms with Gasteiger partial charge in [0.25, 0.3) is 0 Å². The minimum atomic E-state index is -0.454. The maximum Gasteiger partial charge on any atom is 0.344 e. The molecule has 0 unspecified atom stereocenters. The fourth-order valence-corrected chi connectivity index (χ4v) is 3.09. The number of ether oxygens (including phenoxy) is 2. The van der Waals surface area contributed by atoms with Crippen LogP contribution in [0.25, 0.3) is 33.4 Å². The second kappa shape index (κ2) is 8.61. The first-order chi connectivity index (χ1) is 14.6. The molecular weight excluding hydrogens is 380 g/mol. The Bertz CT molecular complexity index is 1190. The van der Waals surface area contributed by atoms with Crippen LogP contribution in [0.3, 0.4) is 0 Å². The van der Waals surface area contributed by atoms with Gasteiger partial charge < -0.3 is 14.6 Å². The summed E-state index contributed by atoms with van der Waals surface area (Å²) in [5.74, 6) is 0.527. The minimum Gasteiger partial charge on any atom is -0.508 e. The molecule has 4 aromatic rings. The first kappa shape index (κ1) is 19.4. The van der Waals surface area contributed by atoms with Gasteiger partial charge in [-0.05, 0) is 35.9 Å². The molecule has 0 bridgehead atoms. The maximum atomic E-state index is 11.7. The van der Waals surface area contributed by atoms with E-state index in [1.807, 2.05) is 54.6 Å². The standard InChI is InChI=1S/C24H20N2O4/c1-2-29-23(28)15-30-22-14-21(16-6-4-3-5-7-16)25-24(26-22)19-9-8-18-13-20(27)11-10-17(18)12-19/h3-14,27H,2,15H2,1H3. The molecule has 4 rings (SSSR count). The van der Waals surface area contributed by atoms with Crippen molar-refractivity contribution in [1.82, 2.24) is 9.97 Å². The van der Waals surface area contributed by atoms with Crippen LogP contribution in [0.2, 0.25) is 0 Å². The number of hydrogen-bond donors (Lipinski definition) is 1. The number of rotatable bonds is 6. The first-order valence-corrected chi connectivity index (χ1v) is 9.58. The van der Waals surface area contributed by atoms with Crippen LogP contribution in [0, 0.1) is 0 Å². The highest BCUT2D eigenvalue weighted by molar-refractivity contribution is 5.87. The zero-order valence-electron chi connectivity index (χ0n) is 16.4. The molecule has 150 valence electrons. The molecule has 6 heteroatoms. The molecule has 0 radical (unpaired) electrons. The van der Waals surface area contributed by atoms with E-state index in [-0.39, 0.29) is 18.2 Å². The molecule has 6 nitrogen and oxygen atoms in total. The summed E-state index contributed by atoms with van der Waals surface area (Å²) < 4.78 is 10.5. The van der Waals surface area contributed by atoms with Gasteiger partial charge in [0.2, 0.25) is 5.88 Å². The summed E-state index contributed by atoms with van der Waals surface area (Å²) in [6.45, 7) is 1.81. The van der Waals surface area contributed by atoms with E-state index < -0.39 is 5.97 Å². The highest BCUT2D eigenvalue weighted by Gasteiger charge is 2.12. The second-order valence-electron chi connectivity index (χ2n) is 6.62. The highest BCUT2D eigenvalue weighted by Crippen LogP contribution is 2.28. The average molecular weight is 400 g/mol. The second-order valence-corrected chi connectivity index (χ2v) is 6.62. The summed E-state index contributed by atoms with van der Waals surface area (Å²) in [5, 5.41) is 11.5. The van der Waals surface area contributed by atoms with Gasteiger partial charge in [-0.15, -0.1) is 0 Å². The quantitative estimate of drug-likeness (QED) is 0.476. The van der Waals surface area contributed by atoms with Crippen LogP contribution >= 0.6 is 0 Å². The molecule has 0 spiro atoms. The van der Waals surface area contributed by atoms with Crippen LogP contribution < -0.4 is 4.74 Å². The molecule has 1 aromatic heterocycles. The fraction of sp³-hybridized carbons (Fsp3) is 0.125. The molecule has 0 fully saturated rings. The van der Waals surface area contributed by atoms with Crippen molar-refractivity contribution in [3.63, 3.8) is 0 Å². The van der Waals surface area contributed by atoms with Gasteiger partial charge in [-0.2, -0.15) is 4.98 Å². The predicted octanol–water partition coefficient (Wildman–Crippen LogP) is 4.61. The number of carbonyl (C=O) groups excluding carboxylic acids is 1. The third kappa shape index (κ3) is 4.38. The van der Waals surface area contributed by atoms with E-state index in [1.54, 1.807) is 25.1 Å². The van der Waals surface area contributed by atoms with Gasteiger partial charge >= 0.3 is 5.97 Å². The summed E-state index contributed by atoms with van der Waals surface area (Å²) >= 11 is 0. The number of phenolic OH excluding ortho intramolecular Hbond substituents is 1. The van der Waals surface area contributed by atoms with Crippen molar-refractivity contribution in [3.8, 4) is 34.3 Å². The third-order valence-corrected chi connectivity index (χ3v) is 4.50. The summed E-state index contributed by atoms with van der Waals surface area (Å²) in [5.41, 5.74) is 2.39. The summed E-state index contributed by atoms with van der Waals surface area (Å²) in [7, 11) is 0. The van der Waals surface area contributed by atoms with Crippen LogP contribution in [-0.2, 0) is 9.53 Å². The largest absolute Gasteiger partial charge is 0.508 e. The van der Waals surface area contributed by atoms with E-state index in [1.165, 1.54) is 0 Å². The Hall–Kier alpha value is -3.93. The fourth-order valence-electron chi connectivity index (χ4n) is 3.09. The number of carbonyl (C=O) groups is 1. The van der Waals surface area contributed by atoms with Crippen LogP contribution in [-0.4, -0.2) is 34.3 Å². The van der Waals surface area contributed by atoms with Crippen molar-refractivity contribution in [2.75, 3.05) is 13.2 Å². The van der Waals surface area contributed by atoms with Gasteiger partial charge in [0.05, 0.1) is 12.3 Å². The molecule has 0 atom stereocenters. The van der Waals surface area contributed by atoms with E-state index in [2.05, 4.69) is 4.98 Å². The van der Waals surface area contributed by atoms with Gasteiger partial charge in [0.1, 0.15) is 5.75 Å². The smallest absolute Gasteiger partial charge is 0.344 e. The number of esters is 1. The van der Waals surface area contributed by atoms with Crippen molar-refractivity contribution in [3.05, 3.63) is 72.8 Å². The molecule has 30 heavy (non-hydrogen) atoms.